The standard InChI is InChI=1S/C17H19ClO2/c1-12(2)20-16-6-4-5-14(11-16)17(3,19)13-7-9-15(18)10-8-13/h4-12,19H,1-3H3. The molecular formula is C17H19ClO2. The lowest BCUT2D eigenvalue weighted by molar-refractivity contribution is 0.102. The summed E-state index contributed by atoms with van der Waals surface area (Å²) in [5.74, 6) is 0.756. The van der Waals surface area contributed by atoms with Gasteiger partial charge in [-0.05, 0) is 56.2 Å². The van der Waals surface area contributed by atoms with E-state index < -0.39 is 5.60 Å². The highest BCUT2D eigenvalue weighted by atomic mass is 35.5. The van der Waals surface area contributed by atoms with E-state index in [0.29, 0.717) is 5.02 Å². The molecule has 106 valence electrons. The molecule has 0 amide bonds. The summed E-state index contributed by atoms with van der Waals surface area (Å²) < 4.78 is 5.67. The van der Waals surface area contributed by atoms with E-state index in [1.807, 2.05) is 50.2 Å². The van der Waals surface area contributed by atoms with Crippen LogP contribution in [-0.4, -0.2) is 11.2 Å². The van der Waals surface area contributed by atoms with Crippen LogP contribution in [0, 0.1) is 0 Å². The molecule has 2 rings (SSSR count). The molecule has 2 nitrogen and oxygen atoms in total. The number of hydrogen-bond acceptors (Lipinski definition) is 2. The highest BCUT2D eigenvalue weighted by Gasteiger charge is 2.25. The second kappa shape index (κ2) is 5.86. The van der Waals surface area contributed by atoms with Crippen molar-refractivity contribution in [2.24, 2.45) is 0 Å². The average Bonchev–Trinajstić information content (AvgIpc) is 2.39. The molecule has 1 unspecified atom stereocenters. The van der Waals surface area contributed by atoms with Gasteiger partial charge in [0, 0.05) is 5.02 Å². The lowest BCUT2D eigenvalue weighted by Crippen LogP contribution is -2.22. The quantitative estimate of drug-likeness (QED) is 0.905. The maximum atomic E-state index is 10.8. The van der Waals surface area contributed by atoms with Crippen LogP contribution in [-0.2, 0) is 5.60 Å². The van der Waals surface area contributed by atoms with E-state index in [1.165, 1.54) is 0 Å². The second-order valence-electron chi connectivity index (χ2n) is 5.27. The molecule has 2 aromatic carbocycles. The summed E-state index contributed by atoms with van der Waals surface area (Å²) in [7, 11) is 0. The molecule has 0 saturated heterocycles. The van der Waals surface area contributed by atoms with Gasteiger partial charge in [0.1, 0.15) is 11.4 Å². The first-order valence-electron chi connectivity index (χ1n) is 6.65. The van der Waals surface area contributed by atoms with Crippen molar-refractivity contribution in [2.45, 2.75) is 32.5 Å². The van der Waals surface area contributed by atoms with Crippen LogP contribution in [0.3, 0.4) is 0 Å². The van der Waals surface area contributed by atoms with Crippen molar-refractivity contribution in [1.82, 2.24) is 0 Å². The predicted molar refractivity (Wildman–Crippen MR) is 82.3 cm³/mol. The minimum Gasteiger partial charge on any atom is -0.491 e. The van der Waals surface area contributed by atoms with E-state index in [0.717, 1.165) is 16.9 Å². The molecule has 1 N–H and O–H groups in total. The third-order valence-corrected chi connectivity index (χ3v) is 3.43. The largest absolute Gasteiger partial charge is 0.491 e. The number of benzene rings is 2. The first kappa shape index (κ1) is 14.9. The van der Waals surface area contributed by atoms with Crippen molar-refractivity contribution in [3.05, 3.63) is 64.7 Å². The Hall–Kier alpha value is -1.51. The Kier molecular flexibility index (Phi) is 4.36. The lowest BCUT2D eigenvalue weighted by atomic mass is 9.88. The summed E-state index contributed by atoms with van der Waals surface area (Å²) in [5.41, 5.74) is 0.502. The Labute approximate surface area is 125 Å². The van der Waals surface area contributed by atoms with E-state index in [2.05, 4.69) is 0 Å². The molecule has 1 atom stereocenters. The molecule has 0 bridgehead atoms. The molecule has 20 heavy (non-hydrogen) atoms. The first-order chi connectivity index (χ1) is 9.39. The fraction of sp³-hybridized carbons (Fsp3) is 0.294. The zero-order chi connectivity index (χ0) is 14.8. The van der Waals surface area contributed by atoms with Crippen LogP contribution >= 0.6 is 11.6 Å². The van der Waals surface area contributed by atoms with E-state index in [4.69, 9.17) is 16.3 Å². The van der Waals surface area contributed by atoms with Crippen LogP contribution in [0.1, 0.15) is 31.9 Å². The van der Waals surface area contributed by atoms with Gasteiger partial charge in [-0.1, -0.05) is 35.9 Å². The Morgan fingerprint density at radius 1 is 1.05 bits per heavy atom. The number of halogens is 1. The Morgan fingerprint density at radius 2 is 1.70 bits per heavy atom. The summed E-state index contributed by atoms with van der Waals surface area (Å²) in [6, 6.07) is 14.8. The summed E-state index contributed by atoms with van der Waals surface area (Å²) >= 11 is 5.89. The molecule has 0 spiro atoms. The van der Waals surface area contributed by atoms with Gasteiger partial charge in [-0.3, -0.25) is 0 Å². The minimum absolute atomic E-state index is 0.103. The van der Waals surface area contributed by atoms with Crippen molar-refractivity contribution in [1.29, 1.82) is 0 Å². The van der Waals surface area contributed by atoms with Gasteiger partial charge in [-0.2, -0.15) is 0 Å². The van der Waals surface area contributed by atoms with Gasteiger partial charge in [-0.25, -0.2) is 0 Å². The number of aliphatic hydroxyl groups is 1. The van der Waals surface area contributed by atoms with Gasteiger partial charge < -0.3 is 9.84 Å². The molecule has 0 aromatic heterocycles. The number of ether oxygens (including phenoxy) is 1. The van der Waals surface area contributed by atoms with Crippen molar-refractivity contribution in [2.75, 3.05) is 0 Å². The van der Waals surface area contributed by atoms with Crippen LogP contribution in [0.15, 0.2) is 48.5 Å². The molecule has 0 aliphatic heterocycles. The van der Waals surface area contributed by atoms with E-state index in [-0.39, 0.29) is 6.10 Å². The van der Waals surface area contributed by atoms with Crippen LogP contribution in [0.25, 0.3) is 0 Å². The third kappa shape index (κ3) is 3.33. The van der Waals surface area contributed by atoms with Gasteiger partial charge in [0.05, 0.1) is 6.10 Å². The van der Waals surface area contributed by atoms with Crippen LogP contribution in [0.5, 0.6) is 5.75 Å². The SMILES string of the molecule is CC(C)Oc1cccc(C(C)(O)c2ccc(Cl)cc2)c1. The van der Waals surface area contributed by atoms with Crippen LogP contribution in [0.4, 0.5) is 0 Å². The molecule has 0 saturated carbocycles. The van der Waals surface area contributed by atoms with E-state index in [9.17, 15) is 5.11 Å². The monoisotopic (exact) mass is 290 g/mol. The Balaban J connectivity index is 2.35. The highest BCUT2D eigenvalue weighted by molar-refractivity contribution is 6.30. The van der Waals surface area contributed by atoms with Gasteiger partial charge >= 0.3 is 0 Å². The van der Waals surface area contributed by atoms with E-state index in [1.54, 1.807) is 19.1 Å². The van der Waals surface area contributed by atoms with Crippen molar-refractivity contribution in [3.63, 3.8) is 0 Å². The number of rotatable bonds is 4. The van der Waals surface area contributed by atoms with Gasteiger partial charge in [0.2, 0.25) is 0 Å². The van der Waals surface area contributed by atoms with Crippen LogP contribution < -0.4 is 4.74 Å². The fourth-order valence-electron chi connectivity index (χ4n) is 2.09. The third-order valence-electron chi connectivity index (χ3n) is 3.17. The molecule has 0 radical (unpaired) electrons. The van der Waals surface area contributed by atoms with Crippen molar-refractivity contribution in [3.8, 4) is 5.75 Å². The van der Waals surface area contributed by atoms with E-state index >= 15 is 0 Å². The van der Waals surface area contributed by atoms with Crippen molar-refractivity contribution >= 4 is 11.6 Å². The normalized spacial score (nSPS) is 14.1. The molecule has 0 aliphatic rings. The highest BCUT2D eigenvalue weighted by Crippen LogP contribution is 2.31. The summed E-state index contributed by atoms with van der Waals surface area (Å²) in [5, 5.41) is 11.5. The number of hydrogen-bond donors (Lipinski definition) is 1. The Bertz CT molecular complexity index is 574. The molecule has 0 aliphatic carbocycles. The predicted octanol–water partition coefficient (Wildman–Crippen LogP) is 4.38. The van der Waals surface area contributed by atoms with Crippen LogP contribution in [0.2, 0.25) is 5.02 Å². The summed E-state index contributed by atoms with van der Waals surface area (Å²) in [6.07, 6.45) is 0.103. The maximum absolute atomic E-state index is 10.8. The topological polar surface area (TPSA) is 29.5 Å². The average molecular weight is 291 g/mol. The zero-order valence-corrected chi connectivity index (χ0v) is 12.7. The van der Waals surface area contributed by atoms with Gasteiger partial charge in [0.15, 0.2) is 0 Å². The fourth-order valence-corrected chi connectivity index (χ4v) is 2.21. The lowest BCUT2D eigenvalue weighted by Gasteiger charge is -2.25. The molecule has 0 heterocycles. The maximum Gasteiger partial charge on any atom is 0.120 e. The molecule has 0 fully saturated rings. The molecule has 3 heteroatoms. The molecular weight excluding hydrogens is 272 g/mol. The Morgan fingerprint density at radius 3 is 2.30 bits per heavy atom. The first-order valence-corrected chi connectivity index (χ1v) is 7.03. The van der Waals surface area contributed by atoms with Gasteiger partial charge in [0.25, 0.3) is 0 Å². The van der Waals surface area contributed by atoms with Crippen molar-refractivity contribution < 1.29 is 9.84 Å². The zero-order valence-electron chi connectivity index (χ0n) is 11.9. The smallest absolute Gasteiger partial charge is 0.120 e. The minimum atomic E-state index is -1.08. The summed E-state index contributed by atoms with van der Waals surface area (Å²) in [4.78, 5) is 0. The molecule has 2 aromatic rings. The second-order valence-corrected chi connectivity index (χ2v) is 5.71. The summed E-state index contributed by atoms with van der Waals surface area (Å²) in [6.45, 7) is 5.72. The van der Waals surface area contributed by atoms with Gasteiger partial charge in [-0.15, -0.1) is 0 Å².